The average Bonchev–Trinajstić information content (AvgIpc) is 3.67. The fourth-order valence-corrected chi connectivity index (χ4v) is 11.7. The second kappa shape index (κ2) is 20.7. The first-order chi connectivity index (χ1) is 38.4. The molecule has 4 heteroatoms. The van der Waals surface area contributed by atoms with Crippen molar-refractivity contribution in [2.24, 2.45) is 0 Å². The van der Waals surface area contributed by atoms with Crippen molar-refractivity contribution in [3.8, 4) is 67.1 Å². The monoisotopic (exact) mass is 1010 g/mol. The standard InChI is InChI=1S/C74H56O4/c1-74(63-35-33-54(34-36-63)67-24-12-22-53-17-10-11-23-66(53)67,64-45-68(59-29-25-49-13-2-6-18-55(49)41-59)72(77-39-37-75)69(46-64)60-30-26-50-14-3-7-19-56(50)42-60)65-47-70(61-31-27-51-15-4-8-20-57(51)43-61)73(78-40-38-76)71(48-65)62-32-28-52-16-5-9-21-58(52)44-62/h2-36,41-48,75-76H,37-40H2,1H3. The van der Waals surface area contributed by atoms with Crippen molar-refractivity contribution < 1.29 is 19.7 Å². The highest BCUT2D eigenvalue weighted by atomic mass is 16.5. The van der Waals surface area contributed by atoms with Gasteiger partial charge in [-0.1, -0.05) is 212 Å². The molecule has 2 N–H and O–H groups in total. The lowest BCUT2D eigenvalue weighted by Gasteiger charge is -2.35. The van der Waals surface area contributed by atoms with Gasteiger partial charge in [0.1, 0.15) is 24.7 Å². The Bertz CT molecular complexity index is 3960. The molecule has 0 amide bonds. The molecule has 376 valence electrons. The molecule has 0 fully saturated rings. The Labute approximate surface area is 454 Å². The highest BCUT2D eigenvalue weighted by molar-refractivity contribution is 5.98. The summed E-state index contributed by atoms with van der Waals surface area (Å²) in [6.45, 7) is 2.31. The average molecular weight is 1010 g/mol. The van der Waals surface area contributed by atoms with Crippen molar-refractivity contribution in [2.75, 3.05) is 26.4 Å². The number of hydrogen-bond donors (Lipinski definition) is 2. The highest BCUT2D eigenvalue weighted by Crippen LogP contribution is 2.51. The van der Waals surface area contributed by atoms with Crippen LogP contribution in [0.15, 0.2) is 261 Å². The van der Waals surface area contributed by atoms with E-state index in [0.717, 1.165) is 110 Å². The summed E-state index contributed by atoms with van der Waals surface area (Å²) < 4.78 is 13.6. The van der Waals surface area contributed by atoms with E-state index in [-0.39, 0.29) is 26.4 Å². The number of rotatable bonds is 14. The predicted octanol–water partition coefficient (Wildman–Crippen LogP) is 17.9. The molecular weight excluding hydrogens is 953 g/mol. The quantitative estimate of drug-likeness (QED) is 0.107. The summed E-state index contributed by atoms with van der Waals surface area (Å²) in [6, 6.07) is 93.9. The lowest BCUT2D eigenvalue weighted by molar-refractivity contribution is 0.202. The fraction of sp³-hybridized carbons (Fsp3) is 0.0811. The van der Waals surface area contributed by atoms with Crippen LogP contribution in [0.25, 0.3) is 109 Å². The molecule has 0 heterocycles. The van der Waals surface area contributed by atoms with Crippen LogP contribution in [0.1, 0.15) is 23.6 Å². The van der Waals surface area contributed by atoms with E-state index in [1.807, 2.05) is 0 Å². The molecule has 0 saturated heterocycles. The largest absolute Gasteiger partial charge is 0.490 e. The maximum atomic E-state index is 10.5. The van der Waals surface area contributed by atoms with Gasteiger partial charge in [0.05, 0.1) is 13.2 Å². The second-order valence-electron chi connectivity index (χ2n) is 20.4. The van der Waals surface area contributed by atoms with Gasteiger partial charge in [-0.3, -0.25) is 0 Å². The van der Waals surface area contributed by atoms with Crippen LogP contribution in [0.3, 0.4) is 0 Å². The van der Waals surface area contributed by atoms with Crippen LogP contribution >= 0.6 is 0 Å². The van der Waals surface area contributed by atoms with Crippen LogP contribution in [-0.2, 0) is 5.41 Å². The Kier molecular flexibility index (Phi) is 12.8. The number of ether oxygens (including phenoxy) is 2. The van der Waals surface area contributed by atoms with Crippen LogP contribution in [0.4, 0.5) is 0 Å². The van der Waals surface area contributed by atoms with Crippen LogP contribution in [0.5, 0.6) is 11.5 Å². The third-order valence-electron chi connectivity index (χ3n) is 15.8. The Morgan fingerprint density at radius 3 is 0.974 bits per heavy atom. The number of fused-ring (bicyclic) bond motifs is 5. The highest BCUT2D eigenvalue weighted by Gasteiger charge is 2.36. The number of aliphatic hydroxyl groups is 2. The number of aliphatic hydroxyl groups excluding tert-OH is 2. The molecular formula is C74H56O4. The summed E-state index contributed by atoms with van der Waals surface area (Å²) in [5, 5.41) is 32.4. The zero-order valence-electron chi connectivity index (χ0n) is 43.4. The van der Waals surface area contributed by atoms with E-state index >= 15 is 0 Å². The van der Waals surface area contributed by atoms with Gasteiger partial charge in [-0.05, 0) is 159 Å². The van der Waals surface area contributed by atoms with Gasteiger partial charge in [0.2, 0.25) is 0 Å². The molecule has 0 spiro atoms. The molecule has 0 aliphatic rings. The number of hydrogen-bond acceptors (Lipinski definition) is 4. The molecule has 13 aromatic rings. The summed E-state index contributed by atoms with van der Waals surface area (Å²) >= 11 is 0. The Morgan fingerprint density at radius 2 is 0.603 bits per heavy atom. The summed E-state index contributed by atoms with van der Waals surface area (Å²) in [5.74, 6) is 1.40. The van der Waals surface area contributed by atoms with E-state index in [1.165, 1.54) is 16.3 Å². The first-order valence-corrected chi connectivity index (χ1v) is 26.8. The van der Waals surface area contributed by atoms with Crippen molar-refractivity contribution in [2.45, 2.75) is 12.3 Å². The van der Waals surface area contributed by atoms with Crippen LogP contribution < -0.4 is 9.47 Å². The molecule has 0 aliphatic carbocycles. The molecule has 0 saturated carbocycles. The van der Waals surface area contributed by atoms with Gasteiger partial charge in [0.25, 0.3) is 0 Å². The molecule has 78 heavy (non-hydrogen) atoms. The molecule has 0 aromatic heterocycles. The zero-order valence-corrected chi connectivity index (χ0v) is 43.4. The van der Waals surface area contributed by atoms with Crippen molar-refractivity contribution in [3.63, 3.8) is 0 Å². The van der Waals surface area contributed by atoms with Crippen molar-refractivity contribution in [1.29, 1.82) is 0 Å². The Balaban J connectivity index is 1.14. The first kappa shape index (κ1) is 48.3. The van der Waals surface area contributed by atoms with E-state index in [0.29, 0.717) is 11.5 Å². The third-order valence-corrected chi connectivity index (χ3v) is 15.8. The zero-order chi connectivity index (χ0) is 52.6. The third kappa shape index (κ3) is 8.91. The fourth-order valence-electron chi connectivity index (χ4n) is 11.7. The number of benzene rings is 13. The lowest BCUT2D eigenvalue weighted by atomic mass is 9.68. The smallest absolute Gasteiger partial charge is 0.135 e. The van der Waals surface area contributed by atoms with E-state index in [1.54, 1.807) is 0 Å². The van der Waals surface area contributed by atoms with Crippen molar-refractivity contribution >= 4 is 53.9 Å². The van der Waals surface area contributed by atoms with Crippen molar-refractivity contribution in [3.05, 3.63) is 278 Å². The van der Waals surface area contributed by atoms with Crippen LogP contribution in [-0.4, -0.2) is 36.6 Å². The van der Waals surface area contributed by atoms with Gasteiger partial charge in [-0.25, -0.2) is 0 Å². The van der Waals surface area contributed by atoms with Gasteiger partial charge in [-0.2, -0.15) is 0 Å². The SMILES string of the molecule is CC(c1ccc(-c2cccc3ccccc23)cc1)(c1cc(-c2ccc3ccccc3c2)c(OCCO)c(-c2ccc3ccccc3c2)c1)c1cc(-c2ccc3ccccc3c2)c(OCCO)c(-c2ccc3ccccc3c2)c1. The molecule has 0 atom stereocenters. The van der Waals surface area contributed by atoms with E-state index in [2.05, 4.69) is 268 Å². The summed E-state index contributed by atoms with van der Waals surface area (Å²) in [6.07, 6.45) is 0. The van der Waals surface area contributed by atoms with Gasteiger partial charge in [0, 0.05) is 27.7 Å². The maximum absolute atomic E-state index is 10.5. The summed E-state index contributed by atoms with van der Waals surface area (Å²) in [7, 11) is 0. The predicted molar refractivity (Wildman–Crippen MR) is 325 cm³/mol. The first-order valence-electron chi connectivity index (χ1n) is 26.8. The van der Waals surface area contributed by atoms with Gasteiger partial charge >= 0.3 is 0 Å². The van der Waals surface area contributed by atoms with Crippen LogP contribution in [0, 0.1) is 0 Å². The molecule has 4 nitrogen and oxygen atoms in total. The normalized spacial score (nSPS) is 11.7. The molecule has 13 aromatic carbocycles. The summed E-state index contributed by atoms with van der Waals surface area (Å²) in [4.78, 5) is 0. The van der Waals surface area contributed by atoms with E-state index < -0.39 is 5.41 Å². The Hall–Kier alpha value is -9.32. The van der Waals surface area contributed by atoms with Gasteiger partial charge in [-0.15, -0.1) is 0 Å². The lowest BCUT2D eigenvalue weighted by Crippen LogP contribution is -2.26. The second-order valence-corrected chi connectivity index (χ2v) is 20.4. The molecule has 13 rings (SSSR count). The molecule has 0 unspecified atom stereocenters. The molecule has 0 radical (unpaired) electrons. The van der Waals surface area contributed by atoms with Crippen LogP contribution in [0.2, 0.25) is 0 Å². The van der Waals surface area contributed by atoms with Gasteiger partial charge < -0.3 is 19.7 Å². The maximum Gasteiger partial charge on any atom is 0.135 e. The minimum Gasteiger partial charge on any atom is -0.490 e. The summed E-state index contributed by atoms with van der Waals surface area (Å²) in [5.41, 5.74) is 12.3. The minimum absolute atomic E-state index is 0.118. The van der Waals surface area contributed by atoms with Gasteiger partial charge in [0.15, 0.2) is 0 Å². The van der Waals surface area contributed by atoms with Crippen molar-refractivity contribution in [1.82, 2.24) is 0 Å². The molecule has 0 aliphatic heterocycles. The Morgan fingerprint density at radius 1 is 0.282 bits per heavy atom. The van der Waals surface area contributed by atoms with E-state index in [9.17, 15) is 10.2 Å². The minimum atomic E-state index is -0.864. The molecule has 0 bridgehead atoms. The topological polar surface area (TPSA) is 58.9 Å². The van der Waals surface area contributed by atoms with E-state index in [4.69, 9.17) is 9.47 Å².